The molecule has 0 spiro atoms. The lowest BCUT2D eigenvalue weighted by molar-refractivity contribution is -0.117. The Labute approximate surface area is 185 Å². The van der Waals surface area contributed by atoms with Crippen molar-refractivity contribution in [2.75, 3.05) is 43.4 Å². The highest BCUT2D eigenvalue weighted by molar-refractivity contribution is 7.80. The van der Waals surface area contributed by atoms with Crippen LogP contribution in [0, 0.1) is 0 Å². The van der Waals surface area contributed by atoms with Gasteiger partial charge in [0.05, 0.1) is 6.54 Å². The van der Waals surface area contributed by atoms with Gasteiger partial charge in [0.1, 0.15) is 0 Å². The number of para-hydroxylation sites is 1. The molecule has 2 aromatic rings. The number of rotatable bonds is 6. The molecule has 1 aliphatic heterocycles. The highest BCUT2D eigenvalue weighted by atomic mass is 32.1. The summed E-state index contributed by atoms with van der Waals surface area (Å²) in [4.78, 5) is 16.8. The highest BCUT2D eigenvalue weighted by Gasteiger charge is 2.21. The number of carbonyl (C=O) groups is 1. The van der Waals surface area contributed by atoms with E-state index in [1.807, 2.05) is 18.2 Å². The van der Waals surface area contributed by atoms with Gasteiger partial charge in [-0.3, -0.25) is 9.69 Å². The smallest absolute Gasteiger partial charge is 0.238 e. The molecule has 160 valence electrons. The zero-order chi connectivity index (χ0) is 21.5. The molecule has 1 saturated heterocycles. The molecule has 0 saturated carbocycles. The van der Waals surface area contributed by atoms with Gasteiger partial charge in [0.25, 0.3) is 0 Å². The second-order valence-electron chi connectivity index (χ2n) is 8.03. The second kappa shape index (κ2) is 10.5. The Hall–Kier alpha value is -2.44. The van der Waals surface area contributed by atoms with Crippen LogP contribution in [0.4, 0.5) is 11.4 Å². The summed E-state index contributed by atoms with van der Waals surface area (Å²) in [6, 6.07) is 16.4. The van der Waals surface area contributed by atoms with Crippen molar-refractivity contribution in [1.82, 2.24) is 9.80 Å². The summed E-state index contributed by atoms with van der Waals surface area (Å²) in [5.41, 5.74) is 4.41. The van der Waals surface area contributed by atoms with E-state index in [1.165, 1.54) is 5.56 Å². The van der Waals surface area contributed by atoms with Crippen LogP contribution < -0.4 is 10.6 Å². The molecule has 1 amide bonds. The summed E-state index contributed by atoms with van der Waals surface area (Å²) in [6.07, 6.45) is 0.903. The van der Waals surface area contributed by atoms with Gasteiger partial charge in [-0.15, -0.1) is 0 Å². The second-order valence-corrected chi connectivity index (χ2v) is 8.42. The third-order valence-corrected chi connectivity index (χ3v) is 5.89. The summed E-state index contributed by atoms with van der Waals surface area (Å²) >= 11 is 5.60. The molecule has 3 rings (SSSR count). The fraction of sp³-hybridized carbons (Fsp3) is 0.417. The highest BCUT2D eigenvalue weighted by Crippen LogP contribution is 2.18. The fourth-order valence-electron chi connectivity index (χ4n) is 3.61. The minimum absolute atomic E-state index is 0.0373. The van der Waals surface area contributed by atoms with Crippen molar-refractivity contribution in [3.63, 3.8) is 0 Å². The van der Waals surface area contributed by atoms with Crippen LogP contribution in [-0.4, -0.2) is 53.5 Å². The summed E-state index contributed by atoms with van der Waals surface area (Å²) in [5.74, 6) is 0.557. The van der Waals surface area contributed by atoms with Crippen LogP contribution >= 0.6 is 12.2 Å². The average Bonchev–Trinajstić information content (AvgIpc) is 2.75. The molecule has 0 aliphatic carbocycles. The summed E-state index contributed by atoms with van der Waals surface area (Å²) in [7, 11) is 0. The molecule has 2 N–H and O–H groups in total. The van der Waals surface area contributed by atoms with E-state index in [2.05, 4.69) is 71.5 Å². The Bertz CT molecular complexity index is 858. The number of thiocarbonyl (C=S) groups is 1. The minimum atomic E-state index is 0.0373. The maximum atomic E-state index is 12.5. The van der Waals surface area contributed by atoms with Crippen LogP contribution in [0.1, 0.15) is 37.8 Å². The number of aryl methyl sites for hydroxylation is 1. The predicted molar refractivity (Wildman–Crippen MR) is 129 cm³/mol. The van der Waals surface area contributed by atoms with Crippen molar-refractivity contribution in [1.29, 1.82) is 0 Å². The van der Waals surface area contributed by atoms with Crippen LogP contribution in [0.3, 0.4) is 0 Å². The quantitative estimate of drug-likeness (QED) is 0.676. The molecule has 30 heavy (non-hydrogen) atoms. The Kier molecular flexibility index (Phi) is 7.82. The maximum absolute atomic E-state index is 12.5. The van der Waals surface area contributed by atoms with Gasteiger partial charge in [-0.1, -0.05) is 51.1 Å². The van der Waals surface area contributed by atoms with E-state index >= 15 is 0 Å². The number of anilines is 2. The van der Waals surface area contributed by atoms with Gasteiger partial charge in [0.15, 0.2) is 5.11 Å². The Morgan fingerprint density at radius 1 is 1.00 bits per heavy atom. The lowest BCUT2D eigenvalue weighted by atomic mass is 10.0. The molecular weight excluding hydrogens is 392 g/mol. The number of amides is 1. The first-order chi connectivity index (χ1) is 14.5. The lowest BCUT2D eigenvalue weighted by Gasteiger charge is -2.35. The number of carbonyl (C=O) groups excluding carboxylic acids is 1. The van der Waals surface area contributed by atoms with Crippen molar-refractivity contribution in [3.05, 3.63) is 59.7 Å². The number of hydrogen-bond acceptors (Lipinski definition) is 3. The van der Waals surface area contributed by atoms with Crippen molar-refractivity contribution in [3.8, 4) is 0 Å². The van der Waals surface area contributed by atoms with E-state index in [9.17, 15) is 4.79 Å². The first kappa shape index (κ1) is 22.2. The maximum Gasteiger partial charge on any atom is 0.238 e. The van der Waals surface area contributed by atoms with E-state index in [0.717, 1.165) is 54.7 Å². The molecule has 1 heterocycles. The van der Waals surface area contributed by atoms with Crippen molar-refractivity contribution in [2.45, 2.75) is 33.1 Å². The van der Waals surface area contributed by atoms with E-state index < -0.39 is 0 Å². The molecule has 5 nitrogen and oxygen atoms in total. The van der Waals surface area contributed by atoms with E-state index in [-0.39, 0.29) is 5.91 Å². The van der Waals surface area contributed by atoms with Gasteiger partial charge in [0.2, 0.25) is 5.91 Å². The van der Waals surface area contributed by atoms with Crippen molar-refractivity contribution < 1.29 is 4.79 Å². The summed E-state index contributed by atoms with van der Waals surface area (Å²) in [5, 5.41) is 7.14. The van der Waals surface area contributed by atoms with E-state index in [1.54, 1.807) is 0 Å². The van der Waals surface area contributed by atoms with Gasteiger partial charge in [0, 0.05) is 37.6 Å². The molecule has 6 heteroatoms. The SMILES string of the molecule is CCc1ccccc1NC(=O)CN1CCN(C(=S)Nc2ccc(C(C)C)cc2)CC1. The van der Waals surface area contributed by atoms with Crippen LogP contribution in [0.25, 0.3) is 0 Å². The largest absolute Gasteiger partial charge is 0.346 e. The van der Waals surface area contributed by atoms with E-state index in [0.29, 0.717) is 12.5 Å². The Morgan fingerprint density at radius 3 is 2.30 bits per heavy atom. The first-order valence-corrected chi connectivity index (χ1v) is 11.1. The Balaban J connectivity index is 1.44. The number of hydrogen-bond donors (Lipinski definition) is 2. The number of benzene rings is 2. The minimum Gasteiger partial charge on any atom is -0.346 e. The molecular formula is C24H32N4OS. The van der Waals surface area contributed by atoms with Gasteiger partial charge >= 0.3 is 0 Å². The van der Waals surface area contributed by atoms with E-state index in [4.69, 9.17) is 12.2 Å². The molecule has 1 aliphatic rings. The molecule has 0 unspecified atom stereocenters. The third kappa shape index (κ3) is 6.03. The normalized spacial score (nSPS) is 14.6. The average molecular weight is 425 g/mol. The van der Waals surface area contributed by atoms with Crippen LogP contribution in [0.2, 0.25) is 0 Å². The predicted octanol–water partition coefficient (Wildman–Crippen LogP) is 4.33. The molecule has 0 bridgehead atoms. The number of nitrogens with one attached hydrogen (secondary N) is 2. The summed E-state index contributed by atoms with van der Waals surface area (Å²) in [6.45, 7) is 10.1. The van der Waals surface area contributed by atoms with Gasteiger partial charge in [-0.05, 0) is 53.9 Å². The number of piperazine rings is 1. The van der Waals surface area contributed by atoms with Gasteiger partial charge in [-0.25, -0.2) is 0 Å². The zero-order valence-corrected chi connectivity index (χ0v) is 19.0. The van der Waals surface area contributed by atoms with Gasteiger partial charge in [-0.2, -0.15) is 0 Å². The monoisotopic (exact) mass is 424 g/mol. The van der Waals surface area contributed by atoms with Crippen LogP contribution in [0.15, 0.2) is 48.5 Å². The van der Waals surface area contributed by atoms with Crippen LogP contribution in [-0.2, 0) is 11.2 Å². The summed E-state index contributed by atoms with van der Waals surface area (Å²) < 4.78 is 0. The fourth-order valence-corrected chi connectivity index (χ4v) is 3.91. The van der Waals surface area contributed by atoms with Crippen molar-refractivity contribution in [2.24, 2.45) is 0 Å². The Morgan fingerprint density at radius 2 is 1.67 bits per heavy atom. The zero-order valence-electron chi connectivity index (χ0n) is 18.1. The van der Waals surface area contributed by atoms with Crippen LogP contribution in [0.5, 0.6) is 0 Å². The topological polar surface area (TPSA) is 47.6 Å². The molecule has 0 radical (unpaired) electrons. The van der Waals surface area contributed by atoms with Gasteiger partial charge < -0.3 is 15.5 Å². The molecule has 2 aromatic carbocycles. The molecule has 0 aromatic heterocycles. The molecule has 0 atom stereocenters. The molecule has 1 fully saturated rings. The first-order valence-electron chi connectivity index (χ1n) is 10.7. The lowest BCUT2D eigenvalue weighted by Crippen LogP contribution is -2.51. The van der Waals surface area contributed by atoms with Crippen molar-refractivity contribution >= 4 is 34.6 Å². The number of nitrogens with zero attached hydrogens (tertiary/aromatic N) is 2. The third-order valence-electron chi connectivity index (χ3n) is 5.53. The standard InChI is InChI=1S/C24H32N4OS/c1-4-19-7-5-6-8-22(19)26-23(29)17-27-13-15-28(16-14-27)24(30)25-21-11-9-20(10-12-21)18(2)3/h5-12,18H,4,13-17H2,1-3H3,(H,25,30)(H,26,29).